The van der Waals surface area contributed by atoms with Crippen molar-refractivity contribution in [1.82, 2.24) is 0 Å². The van der Waals surface area contributed by atoms with Crippen LogP contribution in [0.3, 0.4) is 0 Å². The van der Waals surface area contributed by atoms with Crippen LogP contribution >= 0.6 is 11.3 Å². The first-order chi connectivity index (χ1) is 20.7. The van der Waals surface area contributed by atoms with E-state index < -0.39 is 0 Å². The molecule has 0 amide bonds. The summed E-state index contributed by atoms with van der Waals surface area (Å²) in [6.07, 6.45) is 0. The van der Waals surface area contributed by atoms with E-state index in [1.165, 1.54) is 20.2 Å². The van der Waals surface area contributed by atoms with Crippen LogP contribution in [-0.2, 0) is 0 Å². The number of rotatable bonds is 3. The molecule has 3 nitrogen and oxygen atoms in total. The summed E-state index contributed by atoms with van der Waals surface area (Å²) in [5.74, 6) is 0. The van der Waals surface area contributed by atoms with E-state index in [0.29, 0.717) is 11.1 Å². The number of benzene rings is 6. The molecule has 42 heavy (non-hydrogen) atoms. The van der Waals surface area contributed by atoms with Crippen LogP contribution in [0.1, 0.15) is 11.1 Å². The fourth-order valence-electron chi connectivity index (χ4n) is 5.93. The first-order valence-electron chi connectivity index (χ1n) is 13.6. The van der Waals surface area contributed by atoms with E-state index in [-0.39, 0.29) is 0 Å². The molecule has 0 unspecified atom stereocenters. The number of fused-ring (bicyclic) bond motifs is 6. The van der Waals surface area contributed by atoms with Gasteiger partial charge in [0, 0.05) is 36.5 Å². The highest BCUT2D eigenvalue weighted by molar-refractivity contribution is 7.25. The van der Waals surface area contributed by atoms with E-state index in [1.807, 2.05) is 30.3 Å². The minimum atomic E-state index is 0.373. The molecule has 6 aromatic carbocycles. The summed E-state index contributed by atoms with van der Waals surface area (Å²) in [4.78, 5) is 0. The highest BCUT2D eigenvalue weighted by atomic mass is 32.1. The number of nitrogens with zero attached hydrogens (tertiary/aromatic N) is 2. The molecule has 2 aromatic heterocycles. The van der Waals surface area contributed by atoms with Crippen molar-refractivity contribution in [2.45, 2.75) is 0 Å². The van der Waals surface area contributed by atoms with Gasteiger partial charge in [0.25, 0.3) is 0 Å². The van der Waals surface area contributed by atoms with Gasteiger partial charge in [-0.2, -0.15) is 10.5 Å². The van der Waals surface area contributed by atoms with Gasteiger partial charge in [0.2, 0.25) is 0 Å². The molecule has 0 aliphatic carbocycles. The van der Waals surface area contributed by atoms with Crippen molar-refractivity contribution in [3.05, 3.63) is 132 Å². The van der Waals surface area contributed by atoms with E-state index >= 15 is 0 Å². The van der Waals surface area contributed by atoms with Crippen LogP contribution < -0.4 is 0 Å². The van der Waals surface area contributed by atoms with E-state index in [4.69, 9.17) is 4.42 Å². The van der Waals surface area contributed by atoms with Gasteiger partial charge < -0.3 is 4.42 Å². The SMILES string of the molecule is N#Cc1cccc(-c2cc(-c3ccc4c(c3)oc3ccccc34)cc(-c3ccc4c(c3)sc3ccccc34)c2)c1C#N. The topological polar surface area (TPSA) is 60.7 Å². The third-order valence-electron chi connectivity index (χ3n) is 7.96. The molecule has 0 radical (unpaired) electrons. The van der Waals surface area contributed by atoms with Gasteiger partial charge in [0.15, 0.2) is 0 Å². The molecule has 2 heterocycles. The van der Waals surface area contributed by atoms with Crippen molar-refractivity contribution >= 4 is 53.4 Å². The number of thiophene rings is 1. The molecule has 0 fully saturated rings. The first kappa shape index (κ1) is 24.1. The molecule has 194 valence electrons. The predicted molar refractivity (Wildman–Crippen MR) is 172 cm³/mol. The fraction of sp³-hybridized carbons (Fsp3) is 0. The zero-order valence-corrected chi connectivity index (χ0v) is 23.1. The molecule has 8 rings (SSSR count). The third kappa shape index (κ3) is 3.79. The summed E-state index contributed by atoms with van der Waals surface area (Å²) >= 11 is 1.79. The molecule has 0 aliphatic rings. The lowest BCUT2D eigenvalue weighted by Crippen LogP contribution is -1.91. The van der Waals surface area contributed by atoms with Crippen LogP contribution in [0, 0.1) is 22.7 Å². The second kappa shape index (κ2) is 9.46. The molecule has 0 aliphatic heterocycles. The lowest BCUT2D eigenvalue weighted by Gasteiger charge is -2.13. The Bertz CT molecular complexity index is 2320. The van der Waals surface area contributed by atoms with Crippen molar-refractivity contribution in [3.8, 4) is 45.5 Å². The summed E-state index contributed by atoms with van der Waals surface area (Å²) in [6.45, 7) is 0. The second-order valence-electron chi connectivity index (χ2n) is 10.4. The Morgan fingerprint density at radius 3 is 1.95 bits per heavy atom. The Balaban J connectivity index is 1.36. The van der Waals surface area contributed by atoms with E-state index in [0.717, 1.165) is 55.3 Å². The van der Waals surface area contributed by atoms with Gasteiger partial charge >= 0.3 is 0 Å². The average Bonchev–Trinajstić information content (AvgIpc) is 3.61. The molecule has 0 atom stereocenters. The van der Waals surface area contributed by atoms with Gasteiger partial charge in [-0.3, -0.25) is 0 Å². The maximum atomic E-state index is 10.0. The normalized spacial score (nSPS) is 11.3. The van der Waals surface area contributed by atoms with Gasteiger partial charge in [-0.25, -0.2) is 0 Å². The molecule has 4 heteroatoms. The zero-order chi connectivity index (χ0) is 28.2. The van der Waals surface area contributed by atoms with Crippen LogP contribution in [0.4, 0.5) is 0 Å². The Kier molecular flexibility index (Phi) is 5.44. The highest BCUT2D eigenvalue weighted by Gasteiger charge is 2.15. The molecule has 0 spiro atoms. The Hall–Kier alpha value is -5.68. The highest BCUT2D eigenvalue weighted by Crippen LogP contribution is 2.40. The molecule has 0 bridgehead atoms. The lowest BCUT2D eigenvalue weighted by atomic mass is 9.90. The van der Waals surface area contributed by atoms with Gasteiger partial charge in [-0.05, 0) is 82.4 Å². The van der Waals surface area contributed by atoms with E-state index in [1.54, 1.807) is 17.4 Å². The van der Waals surface area contributed by atoms with Gasteiger partial charge in [0.1, 0.15) is 23.3 Å². The summed E-state index contributed by atoms with van der Waals surface area (Å²) < 4.78 is 8.71. The van der Waals surface area contributed by atoms with E-state index in [9.17, 15) is 10.5 Å². The first-order valence-corrected chi connectivity index (χ1v) is 14.4. The van der Waals surface area contributed by atoms with Gasteiger partial charge in [0.05, 0.1) is 11.1 Å². The summed E-state index contributed by atoms with van der Waals surface area (Å²) in [6, 6.07) is 45.8. The standard InChI is InChI=1S/C38H20N2OS/c39-21-25-6-5-9-29(34(25)22-40)28-17-26(23-12-14-31-30-7-1-3-10-35(30)41-36(31)19-23)16-27(18-28)24-13-15-33-32-8-2-4-11-37(32)42-38(33)20-24/h1-20H. The number of hydrogen-bond acceptors (Lipinski definition) is 4. The molecule has 0 N–H and O–H groups in total. The zero-order valence-electron chi connectivity index (χ0n) is 22.3. The van der Waals surface area contributed by atoms with Crippen molar-refractivity contribution in [3.63, 3.8) is 0 Å². The van der Waals surface area contributed by atoms with E-state index in [2.05, 4.69) is 97.1 Å². The van der Waals surface area contributed by atoms with Crippen molar-refractivity contribution < 1.29 is 4.42 Å². The summed E-state index contributed by atoms with van der Waals surface area (Å²) in [5, 5.41) is 24.4. The minimum Gasteiger partial charge on any atom is -0.456 e. The number of furan rings is 1. The molecular formula is C38H20N2OS. The third-order valence-corrected chi connectivity index (χ3v) is 9.10. The fourth-order valence-corrected chi connectivity index (χ4v) is 7.08. The average molecular weight is 553 g/mol. The Morgan fingerprint density at radius 2 is 1.14 bits per heavy atom. The molecular weight excluding hydrogens is 532 g/mol. The number of hydrogen-bond donors (Lipinski definition) is 0. The lowest BCUT2D eigenvalue weighted by molar-refractivity contribution is 0.669. The van der Waals surface area contributed by atoms with Crippen molar-refractivity contribution in [2.75, 3.05) is 0 Å². The van der Waals surface area contributed by atoms with Gasteiger partial charge in [-0.1, -0.05) is 66.7 Å². The van der Waals surface area contributed by atoms with Crippen LogP contribution in [0.15, 0.2) is 126 Å². The van der Waals surface area contributed by atoms with Crippen molar-refractivity contribution in [2.24, 2.45) is 0 Å². The van der Waals surface area contributed by atoms with Crippen LogP contribution in [0.2, 0.25) is 0 Å². The molecule has 0 saturated carbocycles. The second-order valence-corrected chi connectivity index (χ2v) is 11.5. The Morgan fingerprint density at radius 1 is 0.476 bits per heavy atom. The summed E-state index contributed by atoms with van der Waals surface area (Å²) in [7, 11) is 0. The van der Waals surface area contributed by atoms with Crippen molar-refractivity contribution in [1.29, 1.82) is 10.5 Å². The van der Waals surface area contributed by atoms with Crippen LogP contribution in [-0.4, -0.2) is 0 Å². The Labute approximate surface area is 245 Å². The number of para-hydroxylation sites is 1. The molecule has 8 aromatic rings. The maximum Gasteiger partial charge on any atom is 0.136 e. The van der Waals surface area contributed by atoms with Crippen LogP contribution in [0.5, 0.6) is 0 Å². The minimum absolute atomic E-state index is 0.373. The number of nitriles is 2. The quantitative estimate of drug-likeness (QED) is 0.219. The predicted octanol–water partition coefficient (Wildman–Crippen LogP) is 10.7. The summed E-state index contributed by atoms with van der Waals surface area (Å²) in [5.41, 5.74) is 8.24. The smallest absolute Gasteiger partial charge is 0.136 e. The molecule has 0 saturated heterocycles. The monoisotopic (exact) mass is 552 g/mol. The van der Waals surface area contributed by atoms with Crippen LogP contribution in [0.25, 0.3) is 75.5 Å². The largest absolute Gasteiger partial charge is 0.456 e. The maximum absolute atomic E-state index is 10.0. The van der Waals surface area contributed by atoms with Gasteiger partial charge in [-0.15, -0.1) is 11.3 Å².